The molecule has 2 heterocycles. The van der Waals surface area contributed by atoms with E-state index in [0.29, 0.717) is 6.54 Å². The first-order valence-corrected chi connectivity index (χ1v) is 8.13. The monoisotopic (exact) mass is 347 g/mol. The normalized spacial score (nSPS) is 20.6. The molecule has 0 saturated carbocycles. The summed E-state index contributed by atoms with van der Waals surface area (Å²) in [6.07, 6.45) is 4.03. The second-order valence-corrected chi connectivity index (χ2v) is 5.97. The van der Waals surface area contributed by atoms with E-state index in [1.54, 1.807) is 23.0 Å². The Bertz CT molecular complexity index is 803. The molecule has 1 amide bonds. The summed E-state index contributed by atoms with van der Waals surface area (Å²) < 4.78 is 29.3. The average molecular weight is 347 g/mol. The Hall–Kier alpha value is -2.54. The van der Waals surface area contributed by atoms with Gasteiger partial charge in [-0.3, -0.25) is 9.48 Å². The zero-order chi connectivity index (χ0) is 18.0. The van der Waals surface area contributed by atoms with E-state index in [2.05, 4.69) is 5.10 Å². The lowest BCUT2D eigenvalue weighted by Gasteiger charge is -2.24. The molecule has 2 unspecified atom stereocenters. The molecule has 2 atom stereocenters. The number of aliphatic hydroxyl groups is 1. The fourth-order valence-electron chi connectivity index (χ4n) is 3.12. The van der Waals surface area contributed by atoms with Crippen molar-refractivity contribution in [3.05, 3.63) is 59.4 Å². The molecule has 3 rings (SSSR count). The van der Waals surface area contributed by atoms with Crippen LogP contribution >= 0.6 is 0 Å². The van der Waals surface area contributed by atoms with E-state index in [-0.39, 0.29) is 24.4 Å². The first kappa shape index (κ1) is 17.3. The van der Waals surface area contributed by atoms with Crippen molar-refractivity contribution in [1.82, 2.24) is 14.7 Å². The summed E-state index contributed by atoms with van der Waals surface area (Å²) in [5.41, 5.74) is 0.848. The fraction of sp³-hybridized carbons (Fsp3) is 0.333. The largest absolute Gasteiger partial charge is 0.391 e. The molecule has 5 nitrogen and oxygen atoms in total. The van der Waals surface area contributed by atoms with Gasteiger partial charge in [0.25, 0.3) is 0 Å². The Morgan fingerprint density at radius 2 is 2.20 bits per heavy atom. The summed E-state index contributed by atoms with van der Waals surface area (Å²) in [6.45, 7) is 2.68. The summed E-state index contributed by atoms with van der Waals surface area (Å²) in [4.78, 5) is 13.9. The van der Waals surface area contributed by atoms with Crippen molar-refractivity contribution in [3.63, 3.8) is 0 Å². The number of hydrogen-bond acceptors (Lipinski definition) is 3. The summed E-state index contributed by atoms with van der Waals surface area (Å²) in [5, 5.41) is 14.0. The van der Waals surface area contributed by atoms with E-state index in [1.165, 1.54) is 11.0 Å². The second kappa shape index (κ2) is 7.14. The van der Waals surface area contributed by atoms with E-state index < -0.39 is 23.8 Å². The number of aliphatic hydroxyl groups excluding tert-OH is 1. The van der Waals surface area contributed by atoms with Crippen LogP contribution in [0.2, 0.25) is 0 Å². The third-order valence-electron chi connectivity index (χ3n) is 4.32. The van der Waals surface area contributed by atoms with Crippen LogP contribution in [-0.2, 0) is 11.3 Å². The Morgan fingerprint density at radius 3 is 2.96 bits per heavy atom. The van der Waals surface area contributed by atoms with Crippen molar-refractivity contribution in [1.29, 1.82) is 0 Å². The predicted octanol–water partition coefficient (Wildman–Crippen LogP) is 2.53. The molecule has 0 bridgehead atoms. The number of benzene rings is 1. The molecule has 0 spiro atoms. The highest BCUT2D eigenvalue weighted by molar-refractivity contribution is 5.92. The maximum Gasteiger partial charge on any atom is 0.247 e. The van der Waals surface area contributed by atoms with Gasteiger partial charge in [0.05, 0.1) is 17.8 Å². The average Bonchev–Trinajstić information content (AvgIpc) is 3.20. The van der Waals surface area contributed by atoms with E-state index in [4.69, 9.17) is 0 Å². The number of β-amino-alcohol motifs (C(OH)–C–C–N with tert-alkyl or cyclic N) is 1. The second-order valence-electron chi connectivity index (χ2n) is 5.97. The van der Waals surface area contributed by atoms with Gasteiger partial charge in [-0.15, -0.1) is 0 Å². The third kappa shape index (κ3) is 3.61. The summed E-state index contributed by atoms with van der Waals surface area (Å²) in [7, 11) is 0. The summed E-state index contributed by atoms with van der Waals surface area (Å²) in [5.74, 6) is -1.53. The first-order chi connectivity index (χ1) is 12.0. The fourth-order valence-corrected chi connectivity index (χ4v) is 3.12. The van der Waals surface area contributed by atoms with Gasteiger partial charge in [-0.25, -0.2) is 8.78 Å². The topological polar surface area (TPSA) is 58.4 Å². The van der Waals surface area contributed by atoms with Crippen LogP contribution in [0.4, 0.5) is 8.78 Å². The van der Waals surface area contributed by atoms with Crippen molar-refractivity contribution in [2.75, 3.05) is 6.54 Å². The van der Waals surface area contributed by atoms with E-state index in [0.717, 1.165) is 23.9 Å². The Labute approximate surface area is 144 Å². The van der Waals surface area contributed by atoms with Crippen LogP contribution in [0.25, 0.3) is 6.08 Å². The van der Waals surface area contributed by atoms with Gasteiger partial charge < -0.3 is 10.0 Å². The zero-order valence-electron chi connectivity index (χ0n) is 13.8. The van der Waals surface area contributed by atoms with E-state index in [1.807, 2.05) is 6.92 Å². The van der Waals surface area contributed by atoms with E-state index in [9.17, 15) is 18.7 Å². The van der Waals surface area contributed by atoms with Crippen molar-refractivity contribution in [3.8, 4) is 0 Å². The van der Waals surface area contributed by atoms with Crippen LogP contribution < -0.4 is 0 Å². The van der Waals surface area contributed by atoms with E-state index >= 15 is 0 Å². The number of aromatic nitrogens is 2. The molecule has 1 aromatic heterocycles. The summed E-state index contributed by atoms with van der Waals surface area (Å²) >= 11 is 0. The molecule has 1 aromatic carbocycles. The van der Waals surface area contributed by atoms with Crippen LogP contribution in [0.15, 0.2) is 36.5 Å². The van der Waals surface area contributed by atoms with Gasteiger partial charge in [0.2, 0.25) is 5.91 Å². The number of nitrogens with zero attached hydrogens (tertiary/aromatic N) is 3. The third-order valence-corrected chi connectivity index (χ3v) is 4.32. The first-order valence-electron chi connectivity index (χ1n) is 8.13. The van der Waals surface area contributed by atoms with Crippen LogP contribution in [-0.4, -0.2) is 38.3 Å². The van der Waals surface area contributed by atoms with Crippen LogP contribution in [0.1, 0.15) is 30.6 Å². The zero-order valence-corrected chi connectivity index (χ0v) is 13.8. The molecule has 7 heteroatoms. The molecule has 1 aliphatic heterocycles. The minimum absolute atomic E-state index is 0.0802. The highest BCUT2D eigenvalue weighted by atomic mass is 19.1. The van der Waals surface area contributed by atoms with Crippen molar-refractivity contribution in [2.24, 2.45) is 0 Å². The van der Waals surface area contributed by atoms with Crippen molar-refractivity contribution >= 4 is 12.0 Å². The molecule has 132 valence electrons. The number of amides is 1. The molecular weight excluding hydrogens is 328 g/mol. The van der Waals surface area contributed by atoms with Crippen LogP contribution in [0.5, 0.6) is 0 Å². The maximum absolute atomic E-state index is 14.1. The van der Waals surface area contributed by atoms with Crippen LogP contribution in [0.3, 0.4) is 0 Å². The number of aryl methyl sites for hydroxylation is 1. The highest BCUT2D eigenvalue weighted by Crippen LogP contribution is 2.34. The molecule has 0 radical (unpaired) electrons. The van der Waals surface area contributed by atoms with Crippen molar-refractivity contribution < 1.29 is 18.7 Å². The molecule has 1 saturated heterocycles. The minimum atomic E-state index is -0.772. The van der Waals surface area contributed by atoms with Gasteiger partial charge in [-0.05, 0) is 43.7 Å². The summed E-state index contributed by atoms with van der Waals surface area (Å²) in [6, 6.07) is 4.22. The Balaban J connectivity index is 1.84. The Kier molecular flexibility index (Phi) is 4.94. The van der Waals surface area contributed by atoms with Crippen molar-refractivity contribution in [2.45, 2.75) is 32.0 Å². The van der Waals surface area contributed by atoms with Gasteiger partial charge in [-0.2, -0.15) is 5.10 Å². The van der Waals surface area contributed by atoms with Gasteiger partial charge in [0, 0.05) is 30.9 Å². The number of likely N-dealkylation sites (tertiary alicyclic amines) is 1. The van der Waals surface area contributed by atoms with Gasteiger partial charge in [-0.1, -0.05) is 0 Å². The molecule has 1 fully saturated rings. The molecule has 0 aliphatic carbocycles. The standard InChI is InChI=1S/C18H19F2N3O2/c1-2-23-13(7-8-21-23)4-6-18(25)22-11-14(24)10-17(22)15-9-12(19)3-5-16(15)20/h3-9,14,17,24H,2,10-11H2,1H3/b6-4+. The van der Waals surface area contributed by atoms with Gasteiger partial charge >= 0.3 is 0 Å². The van der Waals surface area contributed by atoms with Crippen LogP contribution in [0, 0.1) is 11.6 Å². The lowest BCUT2D eigenvalue weighted by Crippen LogP contribution is -2.30. The molecule has 1 N–H and O–H groups in total. The molecule has 25 heavy (non-hydrogen) atoms. The molecule has 2 aromatic rings. The molecular formula is C18H19F2N3O2. The highest BCUT2D eigenvalue weighted by Gasteiger charge is 2.36. The smallest absolute Gasteiger partial charge is 0.247 e. The predicted molar refractivity (Wildman–Crippen MR) is 88.4 cm³/mol. The SMILES string of the molecule is CCn1nccc1/C=C/C(=O)N1CC(O)CC1c1cc(F)ccc1F. The Morgan fingerprint density at radius 1 is 1.40 bits per heavy atom. The molecule has 1 aliphatic rings. The minimum Gasteiger partial charge on any atom is -0.391 e. The number of hydrogen-bond donors (Lipinski definition) is 1. The lowest BCUT2D eigenvalue weighted by atomic mass is 10.0. The number of halogens is 2. The lowest BCUT2D eigenvalue weighted by molar-refractivity contribution is -0.127. The van der Waals surface area contributed by atoms with Gasteiger partial charge in [0.15, 0.2) is 0 Å². The quantitative estimate of drug-likeness (QED) is 0.865. The number of rotatable bonds is 4. The van der Waals surface area contributed by atoms with Gasteiger partial charge in [0.1, 0.15) is 11.6 Å². The maximum atomic E-state index is 14.1. The number of carbonyl (C=O) groups excluding carboxylic acids is 1. The number of carbonyl (C=O) groups is 1.